The highest BCUT2D eigenvalue weighted by Crippen LogP contribution is 2.11. The van der Waals surface area contributed by atoms with E-state index >= 15 is 0 Å². The van der Waals surface area contributed by atoms with Crippen molar-refractivity contribution < 1.29 is 14.7 Å². The van der Waals surface area contributed by atoms with Gasteiger partial charge < -0.3 is 16.2 Å². The van der Waals surface area contributed by atoms with Gasteiger partial charge in [0.2, 0.25) is 5.91 Å². The Morgan fingerprint density at radius 1 is 1.53 bits per heavy atom. The van der Waals surface area contributed by atoms with Gasteiger partial charge in [0.1, 0.15) is 5.82 Å². The van der Waals surface area contributed by atoms with Crippen LogP contribution in [0, 0.1) is 6.92 Å². The molecule has 0 saturated carbocycles. The van der Waals surface area contributed by atoms with Crippen molar-refractivity contribution in [2.24, 2.45) is 5.73 Å². The predicted molar refractivity (Wildman–Crippen MR) is 62.8 cm³/mol. The van der Waals surface area contributed by atoms with Crippen LogP contribution in [-0.2, 0) is 4.79 Å². The van der Waals surface area contributed by atoms with Crippen LogP contribution >= 0.6 is 0 Å². The van der Waals surface area contributed by atoms with Gasteiger partial charge in [-0.25, -0.2) is 4.98 Å². The number of amides is 1. The van der Waals surface area contributed by atoms with Crippen molar-refractivity contribution in [3.05, 3.63) is 23.4 Å². The summed E-state index contributed by atoms with van der Waals surface area (Å²) in [6.45, 7) is 3.46. The number of hydrogen-bond acceptors (Lipinski definition) is 4. The average molecular weight is 237 g/mol. The minimum absolute atomic E-state index is 0.0263. The zero-order chi connectivity index (χ0) is 13.0. The lowest BCUT2D eigenvalue weighted by atomic mass is 10.2. The lowest BCUT2D eigenvalue weighted by Gasteiger charge is -2.13. The summed E-state index contributed by atoms with van der Waals surface area (Å²) < 4.78 is 0. The number of anilines is 1. The van der Waals surface area contributed by atoms with Gasteiger partial charge in [-0.1, -0.05) is 0 Å². The third kappa shape index (κ3) is 4.10. The second kappa shape index (κ2) is 5.29. The standard InChI is InChI=1S/C11H15N3O3/c1-6-3-8(11(12)17)5-9(13-6)14-7(2)4-10(15)16/h3,5,7H,4H2,1-2H3,(H2,12,17)(H,13,14)(H,15,16). The van der Waals surface area contributed by atoms with Crippen molar-refractivity contribution in [1.29, 1.82) is 0 Å². The number of aromatic nitrogens is 1. The number of nitrogens with two attached hydrogens (primary N) is 1. The van der Waals surface area contributed by atoms with Crippen LogP contribution in [-0.4, -0.2) is 28.0 Å². The minimum atomic E-state index is -0.896. The largest absolute Gasteiger partial charge is 0.481 e. The second-order valence-corrected chi connectivity index (χ2v) is 3.89. The summed E-state index contributed by atoms with van der Waals surface area (Å²) in [4.78, 5) is 25.7. The lowest BCUT2D eigenvalue weighted by Crippen LogP contribution is -2.21. The molecule has 6 heteroatoms. The summed E-state index contributed by atoms with van der Waals surface area (Å²) in [6.07, 6.45) is -0.0263. The van der Waals surface area contributed by atoms with E-state index < -0.39 is 11.9 Å². The molecule has 0 radical (unpaired) electrons. The Kier molecular flexibility index (Phi) is 4.03. The van der Waals surface area contributed by atoms with Gasteiger partial charge in [0.05, 0.1) is 6.42 Å². The quantitative estimate of drug-likeness (QED) is 0.701. The molecule has 17 heavy (non-hydrogen) atoms. The van der Waals surface area contributed by atoms with Gasteiger partial charge in [0.15, 0.2) is 0 Å². The SMILES string of the molecule is Cc1cc(C(N)=O)cc(NC(C)CC(=O)O)n1. The maximum Gasteiger partial charge on any atom is 0.305 e. The molecule has 0 saturated heterocycles. The van der Waals surface area contributed by atoms with E-state index in [0.717, 1.165) is 0 Å². The first-order valence-electron chi connectivity index (χ1n) is 5.15. The summed E-state index contributed by atoms with van der Waals surface area (Å²) in [7, 11) is 0. The molecule has 6 nitrogen and oxygen atoms in total. The van der Waals surface area contributed by atoms with Crippen LogP contribution in [0.15, 0.2) is 12.1 Å². The van der Waals surface area contributed by atoms with Crippen LogP contribution in [0.4, 0.5) is 5.82 Å². The highest BCUT2D eigenvalue weighted by molar-refractivity contribution is 5.93. The maximum absolute atomic E-state index is 11.0. The normalized spacial score (nSPS) is 11.9. The Morgan fingerprint density at radius 2 is 2.18 bits per heavy atom. The van der Waals surface area contributed by atoms with Gasteiger partial charge in [-0.05, 0) is 26.0 Å². The number of aliphatic carboxylic acids is 1. The summed E-state index contributed by atoms with van der Waals surface area (Å²) in [6, 6.07) is 2.81. The zero-order valence-electron chi connectivity index (χ0n) is 9.73. The van der Waals surface area contributed by atoms with E-state index in [1.807, 2.05) is 0 Å². The predicted octanol–water partition coefficient (Wildman–Crippen LogP) is 0.764. The van der Waals surface area contributed by atoms with E-state index in [-0.39, 0.29) is 12.5 Å². The molecule has 0 aliphatic heterocycles. The number of aryl methyl sites for hydroxylation is 1. The summed E-state index contributed by atoms with van der Waals surface area (Å²) >= 11 is 0. The van der Waals surface area contributed by atoms with Crippen LogP contribution < -0.4 is 11.1 Å². The molecule has 0 aliphatic carbocycles. The number of pyridine rings is 1. The van der Waals surface area contributed by atoms with Crippen LogP contribution in [0.1, 0.15) is 29.4 Å². The zero-order valence-corrected chi connectivity index (χ0v) is 9.73. The molecule has 1 heterocycles. The molecule has 1 unspecified atom stereocenters. The van der Waals surface area contributed by atoms with Gasteiger partial charge in [-0.15, -0.1) is 0 Å². The van der Waals surface area contributed by atoms with Crippen molar-refractivity contribution in [2.45, 2.75) is 26.3 Å². The van der Waals surface area contributed by atoms with Crippen LogP contribution in [0.3, 0.4) is 0 Å². The molecule has 1 atom stereocenters. The first-order chi connectivity index (χ1) is 7.88. The molecule has 1 aromatic rings. The third-order valence-electron chi connectivity index (χ3n) is 2.11. The molecule has 1 rings (SSSR count). The van der Waals surface area contributed by atoms with Gasteiger partial charge in [0.25, 0.3) is 0 Å². The number of primary amides is 1. The number of nitrogens with one attached hydrogen (secondary N) is 1. The molecule has 1 aromatic heterocycles. The van der Waals surface area contributed by atoms with Crippen molar-refractivity contribution >= 4 is 17.7 Å². The monoisotopic (exact) mass is 237 g/mol. The summed E-state index contributed by atoms with van der Waals surface area (Å²) in [5.74, 6) is -0.982. The number of hydrogen-bond donors (Lipinski definition) is 3. The molecular weight excluding hydrogens is 222 g/mol. The fraction of sp³-hybridized carbons (Fsp3) is 0.364. The molecule has 4 N–H and O–H groups in total. The average Bonchev–Trinajstić information content (AvgIpc) is 2.14. The highest BCUT2D eigenvalue weighted by Gasteiger charge is 2.10. The first-order valence-corrected chi connectivity index (χ1v) is 5.15. The lowest BCUT2D eigenvalue weighted by molar-refractivity contribution is -0.137. The number of nitrogens with zero attached hydrogens (tertiary/aromatic N) is 1. The maximum atomic E-state index is 11.0. The molecule has 0 aromatic carbocycles. The molecule has 0 bridgehead atoms. The number of carboxylic acids is 1. The van der Waals surface area contributed by atoms with Gasteiger partial charge >= 0.3 is 5.97 Å². The fourth-order valence-corrected chi connectivity index (χ4v) is 1.45. The summed E-state index contributed by atoms with van der Waals surface area (Å²) in [5.41, 5.74) is 6.17. The van der Waals surface area contributed by atoms with Crippen molar-refractivity contribution in [2.75, 3.05) is 5.32 Å². The molecular formula is C11H15N3O3. The van der Waals surface area contributed by atoms with Crippen molar-refractivity contribution in [3.8, 4) is 0 Å². The Morgan fingerprint density at radius 3 is 2.71 bits per heavy atom. The van der Waals surface area contributed by atoms with Crippen LogP contribution in [0.5, 0.6) is 0 Å². The second-order valence-electron chi connectivity index (χ2n) is 3.89. The van der Waals surface area contributed by atoms with E-state index in [2.05, 4.69) is 10.3 Å². The van der Waals surface area contributed by atoms with E-state index in [1.165, 1.54) is 6.07 Å². The van der Waals surface area contributed by atoms with E-state index in [4.69, 9.17) is 10.8 Å². The van der Waals surface area contributed by atoms with E-state index in [0.29, 0.717) is 17.1 Å². The number of carbonyl (C=O) groups is 2. The Labute approximate surface area is 98.8 Å². The fourth-order valence-electron chi connectivity index (χ4n) is 1.45. The molecule has 0 aliphatic rings. The molecule has 92 valence electrons. The Balaban J connectivity index is 2.84. The Hall–Kier alpha value is -2.11. The first kappa shape index (κ1) is 13.0. The van der Waals surface area contributed by atoms with Crippen molar-refractivity contribution in [1.82, 2.24) is 4.98 Å². The Bertz CT molecular complexity index is 446. The van der Waals surface area contributed by atoms with E-state index in [9.17, 15) is 9.59 Å². The van der Waals surface area contributed by atoms with Gasteiger partial charge in [-0.3, -0.25) is 9.59 Å². The topological polar surface area (TPSA) is 105 Å². The molecule has 1 amide bonds. The number of rotatable bonds is 5. The van der Waals surface area contributed by atoms with E-state index in [1.54, 1.807) is 19.9 Å². The number of carbonyl (C=O) groups excluding carboxylic acids is 1. The number of carboxylic acid groups (broad SMARTS) is 1. The summed E-state index contributed by atoms with van der Waals surface area (Å²) in [5, 5.41) is 11.5. The molecule has 0 fully saturated rings. The minimum Gasteiger partial charge on any atom is -0.481 e. The molecule has 0 spiro atoms. The smallest absolute Gasteiger partial charge is 0.305 e. The van der Waals surface area contributed by atoms with Crippen LogP contribution in [0.2, 0.25) is 0 Å². The van der Waals surface area contributed by atoms with Gasteiger partial charge in [-0.2, -0.15) is 0 Å². The highest BCUT2D eigenvalue weighted by atomic mass is 16.4. The van der Waals surface area contributed by atoms with Crippen LogP contribution in [0.25, 0.3) is 0 Å². The van der Waals surface area contributed by atoms with Gasteiger partial charge in [0, 0.05) is 17.3 Å². The van der Waals surface area contributed by atoms with Crippen molar-refractivity contribution in [3.63, 3.8) is 0 Å². The third-order valence-corrected chi connectivity index (χ3v) is 2.11.